The zero-order chi connectivity index (χ0) is 22.9. The molecule has 0 spiro atoms. The summed E-state index contributed by atoms with van der Waals surface area (Å²) in [4.78, 5) is 4.76. The van der Waals surface area contributed by atoms with Crippen LogP contribution in [0.4, 0.5) is 8.78 Å². The number of nitrogens with zero attached hydrogens (tertiary/aromatic N) is 2. The molecule has 2 aromatic rings. The number of unbranched alkanes of at least 4 members (excludes halogenated alkanes) is 1. The molecule has 0 heterocycles. The molecule has 30 heavy (non-hydrogen) atoms. The predicted octanol–water partition coefficient (Wildman–Crippen LogP) is 6.35. The van der Waals surface area contributed by atoms with Gasteiger partial charge in [-0.25, -0.2) is 9.38 Å². The summed E-state index contributed by atoms with van der Waals surface area (Å²) in [6, 6.07) is 10.8. The van der Waals surface area contributed by atoms with Crippen molar-refractivity contribution >= 4 is 36.8 Å². The Labute approximate surface area is 188 Å². The molecule has 0 fully saturated rings. The van der Waals surface area contributed by atoms with Gasteiger partial charge in [0.15, 0.2) is 0 Å². The Morgan fingerprint density at radius 3 is 2.37 bits per heavy atom. The van der Waals surface area contributed by atoms with E-state index in [0.29, 0.717) is 24.5 Å². The van der Waals surface area contributed by atoms with Gasteiger partial charge in [0, 0.05) is 22.9 Å². The van der Waals surface area contributed by atoms with Gasteiger partial charge in [-0.1, -0.05) is 19.4 Å². The normalized spacial score (nSPS) is 10.7. The molecule has 0 unspecified atom stereocenters. The molecule has 0 saturated heterocycles. The van der Waals surface area contributed by atoms with Crippen molar-refractivity contribution < 1.29 is 13.5 Å². The second-order valence-electron chi connectivity index (χ2n) is 6.06. The average Bonchev–Trinajstić information content (AvgIpc) is 2.71. The van der Waals surface area contributed by atoms with Crippen LogP contribution in [0.3, 0.4) is 0 Å². The summed E-state index contributed by atoms with van der Waals surface area (Å²) in [7, 11) is 0.500. The number of hydrogen-bond acceptors (Lipinski definition) is 4. The monoisotopic (exact) mass is 455 g/mol. The lowest BCUT2D eigenvalue weighted by Gasteiger charge is -2.10. The molecular weight excluding hydrogens is 424 g/mol. The summed E-state index contributed by atoms with van der Waals surface area (Å²) in [6.45, 7) is 6.11. The third-order valence-corrected chi connectivity index (χ3v) is 4.28. The van der Waals surface area contributed by atoms with E-state index >= 15 is 0 Å². The van der Waals surface area contributed by atoms with Crippen LogP contribution in [0, 0.1) is 19.7 Å². The van der Waals surface area contributed by atoms with E-state index in [-0.39, 0.29) is 12.4 Å². The van der Waals surface area contributed by atoms with Gasteiger partial charge in [-0.15, -0.1) is 12.6 Å². The van der Waals surface area contributed by atoms with E-state index < -0.39 is 0 Å². The maximum atomic E-state index is 13.8. The number of ether oxygens (including phenoxy) is 1. The summed E-state index contributed by atoms with van der Waals surface area (Å²) in [5.41, 5.74) is 7.80. The van der Waals surface area contributed by atoms with Crippen molar-refractivity contribution in [3.8, 4) is 5.75 Å². The number of aliphatic imine (C=N–C) groups is 1. The number of benzene rings is 2. The van der Waals surface area contributed by atoms with Crippen LogP contribution in [0.25, 0.3) is 0 Å². The fourth-order valence-corrected chi connectivity index (χ4v) is 2.61. The molecule has 0 atom stereocenters. The number of nitrogens with two attached hydrogens (primary N) is 1. The molecule has 4 nitrogen and oxygen atoms in total. The lowest BCUT2D eigenvalue weighted by molar-refractivity contribution is 0.298. The van der Waals surface area contributed by atoms with Crippen LogP contribution in [0.5, 0.6) is 5.75 Å². The van der Waals surface area contributed by atoms with E-state index in [4.69, 9.17) is 10.5 Å². The minimum absolute atomic E-state index is 0.210. The summed E-state index contributed by atoms with van der Waals surface area (Å²) in [5.74, 6) is 0.853. The van der Waals surface area contributed by atoms with E-state index in [1.54, 1.807) is 6.21 Å². The van der Waals surface area contributed by atoms with Crippen LogP contribution in [-0.4, -0.2) is 25.6 Å². The summed E-state index contributed by atoms with van der Waals surface area (Å²) < 4.78 is 32.7. The number of halogens is 2. The number of guanidine groups is 1. The van der Waals surface area contributed by atoms with Crippen molar-refractivity contribution in [2.75, 3.05) is 13.4 Å². The third kappa shape index (κ3) is 11.8. The van der Waals surface area contributed by atoms with Gasteiger partial charge in [0.1, 0.15) is 18.2 Å². The van der Waals surface area contributed by atoms with E-state index in [1.165, 1.54) is 18.0 Å². The fourth-order valence-electron chi connectivity index (χ4n) is 2.23. The molecule has 0 aromatic heterocycles. The molecule has 166 valence electrons. The molecule has 0 aliphatic rings. The van der Waals surface area contributed by atoms with E-state index in [2.05, 4.69) is 28.9 Å². The molecule has 0 bridgehead atoms. The third-order valence-electron chi connectivity index (χ3n) is 3.61. The lowest BCUT2D eigenvalue weighted by Crippen LogP contribution is -2.06. The molecule has 2 rings (SSSR count). The van der Waals surface area contributed by atoms with Crippen molar-refractivity contribution in [2.45, 2.75) is 45.1 Å². The van der Waals surface area contributed by atoms with Crippen molar-refractivity contribution in [1.29, 1.82) is 0 Å². The molecule has 2 N–H and O–H groups in total. The SMILES string of the molecule is CCC/C=N\C(N)=N/SC.CF.Cc1cc(C)c(COc2ccc(S)cc2)c(F)c1. The van der Waals surface area contributed by atoms with Gasteiger partial charge in [0.2, 0.25) is 5.96 Å². The standard InChI is InChI=1S/C15H15FOS.C6H13N3S.CH3F/c1-10-7-11(2)14(15(16)8-10)9-17-12-3-5-13(18)6-4-12;1-3-4-5-8-6(7)9-10-2;1-2/h3-8,18H,9H2,1-2H3;5H,3-4H2,1-2H3,(H2,7,9);1H3/b;8-5-;. The van der Waals surface area contributed by atoms with Crippen LogP contribution >= 0.6 is 24.6 Å². The van der Waals surface area contributed by atoms with Crippen molar-refractivity contribution in [3.05, 3.63) is 58.9 Å². The Kier molecular flexibility index (Phi) is 15.6. The highest BCUT2D eigenvalue weighted by Crippen LogP contribution is 2.20. The van der Waals surface area contributed by atoms with Crippen LogP contribution in [0.2, 0.25) is 0 Å². The van der Waals surface area contributed by atoms with Crippen LogP contribution < -0.4 is 10.5 Å². The second kappa shape index (κ2) is 16.7. The van der Waals surface area contributed by atoms with Crippen molar-refractivity contribution in [3.63, 3.8) is 0 Å². The molecule has 0 amide bonds. The summed E-state index contributed by atoms with van der Waals surface area (Å²) >= 11 is 5.52. The molecule has 0 saturated carbocycles. The Bertz CT molecular complexity index is 774. The van der Waals surface area contributed by atoms with Crippen LogP contribution in [0.15, 0.2) is 50.7 Å². The van der Waals surface area contributed by atoms with Gasteiger partial charge in [0.25, 0.3) is 0 Å². The molecule has 0 aliphatic heterocycles. The van der Waals surface area contributed by atoms with Gasteiger partial charge < -0.3 is 10.5 Å². The van der Waals surface area contributed by atoms with Gasteiger partial charge in [-0.3, -0.25) is 4.39 Å². The predicted molar refractivity (Wildman–Crippen MR) is 129 cm³/mol. The van der Waals surface area contributed by atoms with E-state index in [9.17, 15) is 8.78 Å². The van der Waals surface area contributed by atoms with Gasteiger partial charge in [-0.2, -0.15) is 4.40 Å². The smallest absolute Gasteiger partial charge is 0.226 e. The number of thiol groups is 1. The quantitative estimate of drug-likeness (QED) is 0.231. The van der Waals surface area contributed by atoms with E-state index in [0.717, 1.165) is 28.9 Å². The highest BCUT2D eigenvalue weighted by Gasteiger charge is 2.07. The minimum atomic E-state index is -0.210. The second-order valence-corrected chi connectivity index (χ2v) is 7.12. The number of aryl methyl sites for hydroxylation is 2. The first-order chi connectivity index (χ1) is 14.4. The largest absolute Gasteiger partial charge is 0.489 e. The maximum absolute atomic E-state index is 13.8. The molecule has 0 radical (unpaired) electrons. The zero-order valence-corrected chi connectivity index (χ0v) is 19.9. The molecular formula is C22H31F2N3OS2. The van der Waals surface area contributed by atoms with Crippen LogP contribution in [0.1, 0.15) is 36.5 Å². The maximum Gasteiger partial charge on any atom is 0.226 e. The highest BCUT2D eigenvalue weighted by atomic mass is 32.2. The number of rotatable bonds is 6. The highest BCUT2D eigenvalue weighted by molar-refractivity contribution is 7.97. The lowest BCUT2D eigenvalue weighted by atomic mass is 10.1. The number of alkyl halides is 1. The first-order valence-electron chi connectivity index (χ1n) is 9.31. The topological polar surface area (TPSA) is 60.0 Å². The Morgan fingerprint density at radius 1 is 1.20 bits per heavy atom. The Balaban J connectivity index is 0.000000600. The van der Waals surface area contributed by atoms with Crippen LogP contribution in [-0.2, 0) is 6.61 Å². The van der Waals surface area contributed by atoms with Gasteiger partial charge in [0.05, 0.1) is 7.18 Å². The fraction of sp³-hybridized carbons (Fsp3) is 0.364. The number of hydrogen-bond donors (Lipinski definition) is 2. The van der Waals surface area contributed by atoms with Gasteiger partial charge in [-0.05, 0) is 73.7 Å². The van der Waals surface area contributed by atoms with Crippen molar-refractivity contribution in [2.24, 2.45) is 15.1 Å². The molecule has 0 aliphatic carbocycles. The Morgan fingerprint density at radius 2 is 1.83 bits per heavy atom. The Hall–Kier alpha value is -2.06. The first-order valence-corrected chi connectivity index (χ1v) is 10.9. The summed E-state index contributed by atoms with van der Waals surface area (Å²) in [5, 5.41) is 0. The van der Waals surface area contributed by atoms with Gasteiger partial charge >= 0.3 is 0 Å². The average molecular weight is 456 g/mol. The first kappa shape index (κ1) is 27.9. The summed E-state index contributed by atoms with van der Waals surface area (Å²) in [6.07, 6.45) is 5.69. The van der Waals surface area contributed by atoms with E-state index in [1.807, 2.05) is 50.4 Å². The molecule has 8 heteroatoms. The zero-order valence-electron chi connectivity index (χ0n) is 18.2. The van der Waals surface area contributed by atoms with Crippen molar-refractivity contribution in [1.82, 2.24) is 0 Å². The molecule has 2 aromatic carbocycles. The minimum Gasteiger partial charge on any atom is -0.489 e.